The summed E-state index contributed by atoms with van der Waals surface area (Å²) in [5.74, 6) is -0.326. The van der Waals surface area contributed by atoms with Crippen LogP contribution in [0, 0.1) is 11.3 Å². The first-order valence-electron chi connectivity index (χ1n) is 6.42. The molecule has 6 heteroatoms. The van der Waals surface area contributed by atoms with Gasteiger partial charge in [0.15, 0.2) is 0 Å². The lowest BCUT2D eigenvalue weighted by atomic mass is 10.2. The van der Waals surface area contributed by atoms with Gasteiger partial charge < -0.3 is 14.6 Å². The van der Waals surface area contributed by atoms with Gasteiger partial charge in [0.25, 0.3) is 0 Å². The SMILES string of the molecule is CCOC(=O)CCN(CCC#N)C(O)OC(C)(C)C. The maximum Gasteiger partial charge on any atom is 0.307 e. The lowest BCUT2D eigenvalue weighted by molar-refractivity contribution is -0.238. The zero-order chi connectivity index (χ0) is 14.9. The fourth-order valence-electron chi connectivity index (χ4n) is 1.39. The van der Waals surface area contributed by atoms with Crippen LogP contribution in [0.1, 0.15) is 40.5 Å². The van der Waals surface area contributed by atoms with Crippen molar-refractivity contribution in [3.8, 4) is 6.07 Å². The molecular weight excluding hydrogens is 248 g/mol. The monoisotopic (exact) mass is 272 g/mol. The molecule has 0 rings (SSSR count). The Morgan fingerprint density at radius 3 is 2.53 bits per heavy atom. The molecule has 0 aromatic carbocycles. The number of hydrogen-bond acceptors (Lipinski definition) is 6. The Hall–Kier alpha value is -1.16. The second kappa shape index (κ2) is 8.86. The van der Waals surface area contributed by atoms with Gasteiger partial charge in [0, 0.05) is 19.5 Å². The van der Waals surface area contributed by atoms with Crippen molar-refractivity contribution in [2.45, 2.75) is 52.6 Å². The van der Waals surface area contributed by atoms with Crippen molar-refractivity contribution in [3.05, 3.63) is 0 Å². The molecule has 0 aliphatic carbocycles. The Bertz CT molecular complexity index is 307. The van der Waals surface area contributed by atoms with E-state index in [1.54, 1.807) is 11.8 Å². The van der Waals surface area contributed by atoms with Gasteiger partial charge in [-0.05, 0) is 27.7 Å². The van der Waals surface area contributed by atoms with E-state index in [0.717, 1.165) is 0 Å². The van der Waals surface area contributed by atoms with Crippen molar-refractivity contribution < 1.29 is 19.4 Å². The summed E-state index contributed by atoms with van der Waals surface area (Å²) < 4.78 is 10.2. The van der Waals surface area contributed by atoms with Crippen LogP contribution in [0.25, 0.3) is 0 Å². The predicted octanol–water partition coefficient (Wildman–Crippen LogP) is 1.25. The minimum absolute atomic E-state index is 0.157. The molecule has 19 heavy (non-hydrogen) atoms. The number of rotatable bonds is 8. The lowest BCUT2D eigenvalue weighted by Crippen LogP contribution is -2.43. The molecule has 0 fully saturated rings. The molecule has 0 aliphatic rings. The van der Waals surface area contributed by atoms with Crippen LogP contribution in [0.5, 0.6) is 0 Å². The Labute approximate surface area is 114 Å². The normalized spacial score (nSPS) is 13.1. The molecule has 0 saturated carbocycles. The molecule has 0 heterocycles. The zero-order valence-electron chi connectivity index (χ0n) is 12.2. The van der Waals surface area contributed by atoms with Gasteiger partial charge in [0.1, 0.15) is 0 Å². The predicted molar refractivity (Wildman–Crippen MR) is 69.9 cm³/mol. The highest BCUT2D eigenvalue weighted by Gasteiger charge is 2.23. The maximum atomic E-state index is 11.3. The Balaban J connectivity index is 4.37. The lowest BCUT2D eigenvalue weighted by Gasteiger charge is -2.31. The van der Waals surface area contributed by atoms with Crippen LogP contribution in [0.15, 0.2) is 0 Å². The Morgan fingerprint density at radius 1 is 1.42 bits per heavy atom. The third-order valence-corrected chi connectivity index (χ3v) is 2.19. The first-order valence-corrected chi connectivity index (χ1v) is 6.42. The number of carbonyl (C=O) groups excluding carboxylic acids is 1. The van der Waals surface area contributed by atoms with E-state index in [4.69, 9.17) is 14.7 Å². The standard InChI is InChI=1S/C13H24N2O4/c1-5-18-11(16)7-10-15(9-6-8-14)12(17)19-13(2,3)4/h12,17H,5-7,9-10H2,1-4H3. The molecular formula is C13H24N2O4. The first kappa shape index (κ1) is 17.8. The first-order chi connectivity index (χ1) is 8.80. The van der Waals surface area contributed by atoms with E-state index in [9.17, 15) is 9.90 Å². The number of aliphatic hydroxyl groups excluding tert-OH is 1. The van der Waals surface area contributed by atoms with Gasteiger partial charge in [-0.3, -0.25) is 9.69 Å². The third kappa shape index (κ3) is 9.42. The topological polar surface area (TPSA) is 82.8 Å². The molecule has 1 unspecified atom stereocenters. The minimum Gasteiger partial charge on any atom is -0.466 e. The maximum absolute atomic E-state index is 11.3. The number of aliphatic hydroxyl groups is 1. The van der Waals surface area contributed by atoms with Gasteiger partial charge >= 0.3 is 5.97 Å². The largest absolute Gasteiger partial charge is 0.466 e. The molecule has 110 valence electrons. The zero-order valence-corrected chi connectivity index (χ0v) is 12.2. The van der Waals surface area contributed by atoms with Gasteiger partial charge in [0.2, 0.25) is 6.41 Å². The second-order valence-electron chi connectivity index (χ2n) is 5.06. The van der Waals surface area contributed by atoms with E-state index < -0.39 is 12.0 Å². The van der Waals surface area contributed by atoms with Crippen LogP contribution in [0.4, 0.5) is 0 Å². The van der Waals surface area contributed by atoms with Gasteiger partial charge in [-0.25, -0.2) is 0 Å². The quantitative estimate of drug-likeness (QED) is 0.529. The van der Waals surface area contributed by atoms with Crippen LogP contribution in [-0.2, 0) is 14.3 Å². The van der Waals surface area contributed by atoms with Gasteiger partial charge in [-0.1, -0.05) is 0 Å². The summed E-state index contributed by atoms with van der Waals surface area (Å²) in [4.78, 5) is 12.8. The van der Waals surface area contributed by atoms with Crippen LogP contribution in [-0.4, -0.2) is 47.7 Å². The average Bonchev–Trinajstić information content (AvgIpc) is 2.27. The molecule has 0 bridgehead atoms. The smallest absolute Gasteiger partial charge is 0.307 e. The Morgan fingerprint density at radius 2 is 2.05 bits per heavy atom. The molecule has 0 aromatic rings. The highest BCUT2D eigenvalue weighted by molar-refractivity contribution is 5.69. The molecule has 0 radical (unpaired) electrons. The van der Waals surface area contributed by atoms with Crippen molar-refractivity contribution in [2.24, 2.45) is 0 Å². The number of nitrogens with zero attached hydrogens (tertiary/aromatic N) is 2. The highest BCUT2D eigenvalue weighted by Crippen LogP contribution is 2.13. The molecule has 0 aliphatic heterocycles. The molecule has 0 amide bonds. The van der Waals surface area contributed by atoms with Crippen molar-refractivity contribution >= 4 is 5.97 Å². The summed E-state index contributed by atoms with van der Waals surface area (Å²) in [5, 5.41) is 18.6. The average molecular weight is 272 g/mol. The molecule has 0 aromatic heterocycles. The van der Waals surface area contributed by atoms with Crippen molar-refractivity contribution in [1.29, 1.82) is 5.26 Å². The summed E-state index contributed by atoms with van der Waals surface area (Å²) in [7, 11) is 0. The molecule has 0 spiro atoms. The number of carbonyl (C=O) groups is 1. The molecule has 6 nitrogen and oxygen atoms in total. The fourth-order valence-corrected chi connectivity index (χ4v) is 1.39. The van der Waals surface area contributed by atoms with Crippen molar-refractivity contribution in [1.82, 2.24) is 4.90 Å². The van der Waals surface area contributed by atoms with Crippen LogP contribution >= 0.6 is 0 Å². The van der Waals surface area contributed by atoms with Crippen LogP contribution < -0.4 is 0 Å². The van der Waals surface area contributed by atoms with Crippen molar-refractivity contribution in [3.63, 3.8) is 0 Å². The van der Waals surface area contributed by atoms with Crippen LogP contribution in [0.3, 0.4) is 0 Å². The summed E-state index contributed by atoms with van der Waals surface area (Å²) in [6, 6.07) is 2.00. The summed E-state index contributed by atoms with van der Waals surface area (Å²) in [6.07, 6.45) is -0.722. The number of esters is 1. The number of ether oxygens (including phenoxy) is 2. The molecule has 1 N–H and O–H groups in total. The van der Waals surface area contributed by atoms with Crippen molar-refractivity contribution in [2.75, 3.05) is 19.7 Å². The molecule has 1 atom stereocenters. The fraction of sp³-hybridized carbons (Fsp3) is 0.846. The summed E-state index contributed by atoms with van der Waals surface area (Å²) >= 11 is 0. The minimum atomic E-state index is -1.14. The number of hydrogen-bond donors (Lipinski definition) is 1. The van der Waals surface area contributed by atoms with Crippen LogP contribution in [0.2, 0.25) is 0 Å². The van der Waals surface area contributed by atoms with Gasteiger partial charge in [0.05, 0.1) is 24.7 Å². The van der Waals surface area contributed by atoms with E-state index in [0.29, 0.717) is 13.2 Å². The van der Waals surface area contributed by atoms with E-state index in [-0.39, 0.29) is 25.4 Å². The molecule has 0 saturated heterocycles. The van der Waals surface area contributed by atoms with Gasteiger partial charge in [-0.15, -0.1) is 0 Å². The van der Waals surface area contributed by atoms with Gasteiger partial charge in [-0.2, -0.15) is 5.26 Å². The van der Waals surface area contributed by atoms with E-state index in [1.807, 2.05) is 26.8 Å². The second-order valence-corrected chi connectivity index (χ2v) is 5.06. The third-order valence-electron chi connectivity index (χ3n) is 2.19. The Kier molecular flexibility index (Phi) is 8.32. The van der Waals surface area contributed by atoms with E-state index in [2.05, 4.69) is 0 Å². The number of nitriles is 1. The highest BCUT2D eigenvalue weighted by atomic mass is 16.6. The summed E-state index contributed by atoms with van der Waals surface area (Å²) in [6.45, 7) is 8.17. The van der Waals surface area contributed by atoms with E-state index in [1.165, 1.54) is 0 Å². The summed E-state index contributed by atoms with van der Waals surface area (Å²) in [5.41, 5.74) is -0.506. The van der Waals surface area contributed by atoms with E-state index >= 15 is 0 Å².